The molecule has 0 aliphatic heterocycles. The topological polar surface area (TPSA) is 79.7 Å². The molecule has 0 radical (unpaired) electrons. The predicted octanol–water partition coefficient (Wildman–Crippen LogP) is 3.62. The van der Waals surface area contributed by atoms with Crippen LogP contribution < -0.4 is 0 Å². The number of ether oxygens (including phenoxy) is 1. The van der Waals surface area contributed by atoms with Gasteiger partial charge in [-0.3, -0.25) is 9.88 Å². The van der Waals surface area contributed by atoms with Crippen molar-refractivity contribution in [2.24, 2.45) is 0 Å². The first-order valence-electron chi connectivity index (χ1n) is 6.98. The molecule has 0 saturated heterocycles. The van der Waals surface area contributed by atoms with Crippen LogP contribution in [0.1, 0.15) is 45.7 Å². The molecule has 1 atom stereocenters. The van der Waals surface area contributed by atoms with E-state index in [1.165, 1.54) is 11.1 Å². The second-order valence-corrected chi connectivity index (χ2v) is 6.77. The summed E-state index contributed by atoms with van der Waals surface area (Å²) in [6.45, 7) is 7.37. The number of carboxylic acid groups (broad SMARTS) is 1. The standard InChI is InChI=1S/C15H21BrN2O4/c1-5-6-18(14(21)22-15(2,3)4)12(13(19)20)10-7-11(16)9-17-8-10/h7-9,12H,5-6H2,1-4H3,(H,19,20). The molecule has 1 unspecified atom stereocenters. The minimum absolute atomic E-state index is 0.276. The summed E-state index contributed by atoms with van der Waals surface area (Å²) in [4.78, 5) is 29.3. The molecule has 0 aliphatic rings. The Kier molecular flexibility index (Phi) is 6.34. The summed E-state index contributed by atoms with van der Waals surface area (Å²) >= 11 is 3.26. The van der Waals surface area contributed by atoms with Crippen molar-refractivity contribution in [1.82, 2.24) is 9.88 Å². The molecule has 0 bridgehead atoms. The Morgan fingerprint density at radius 2 is 2.05 bits per heavy atom. The van der Waals surface area contributed by atoms with Crippen LogP contribution in [0.4, 0.5) is 4.79 Å². The molecule has 0 saturated carbocycles. The van der Waals surface area contributed by atoms with E-state index in [1.807, 2.05) is 6.92 Å². The second-order valence-electron chi connectivity index (χ2n) is 5.85. The van der Waals surface area contributed by atoms with Gasteiger partial charge >= 0.3 is 12.1 Å². The van der Waals surface area contributed by atoms with E-state index >= 15 is 0 Å². The molecular weight excluding hydrogens is 352 g/mol. The highest BCUT2D eigenvalue weighted by atomic mass is 79.9. The van der Waals surface area contributed by atoms with Crippen LogP contribution in [0.2, 0.25) is 0 Å². The quantitative estimate of drug-likeness (QED) is 0.853. The zero-order chi connectivity index (χ0) is 16.9. The lowest BCUT2D eigenvalue weighted by molar-refractivity contribution is -0.143. The average Bonchev–Trinajstić information content (AvgIpc) is 2.35. The van der Waals surface area contributed by atoms with Crippen molar-refractivity contribution < 1.29 is 19.4 Å². The van der Waals surface area contributed by atoms with Crippen LogP contribution in [0.15, 0.2) is 22.9 Å². The lowest BCUT2D eigenvalue weighted by Gasteiger charge is -2.31. The van der Waals surface area contributed by atoms with Crippen molar-refractivity contribution in [2.75, 3.05) is 6.54 Å². The van der Waals surface area contributed by atoms with Crippen molar-refractivity contribution >= 4 is 28.0 Å². The lowest BCUT2D eigenvalue weighted by atomic mass is 10.1. The number of carbonyl (C=O) groups excluding carboxylic acids is 1. The van der Waals surface area contributed by atoms with Gasteiger partial charge in [0, 0.05) is 29.0 Å². The summed E-state index contributed by atoms with van der Waals surface area (Å²) in [5.41, 5.74) is -0.275. The Bertz CT molecular complexity index is 543. The molecule has 122 valence electrons. The van der Waals surface area contributed by atoms with E-state index in [-0.39, 0.29) is 6.54 Å². The van der Waals surface area contributed by atoms with E-state index in [0.717, 1.165) is 0 Å². The number of hydrogen-bond acceptors (Lipinski definition) is 4. The monoisotopic (exact) mass is 372 g/mol. The Balaban J connectivity index is 3.17. The second kappa shape index (κ2) is 7.58. The Labute approximate surface area is 138 Å². The number of nitrogens with zero attached hydrogens (tertiary/aromatic N) is 2. The van der Waals surface area contributed by atoms with E-state index in [1.54, 1.807) is 33.0 Å². The van der Waals surface area contributed by atoms with Gasteiger partial charge in [0.2, 0.25) is 0 Å². The molecular formula is C15H21BrN2O4. The fourth-order valence-electron chi connectivity index (χ4n) is 1.92. The molecule has 0 spiro atoms. The third-order valence-electron chi connectivity index (χ3n) is 2.68. The SMILES string of the molecule is CCCN(C(=O)OC(C)(C)C)C(C(=O)O)c1cncc(Br)c1. The summed E-state index contributed by atoms with van der Waals surface area (Å²) in [6, 6.07) is 0.499. The van der Waals surface area contributed by atoms with Gasteiger partial charge in [-0.2, -0.15) is 0 Å². The third-order valence-corrected chi connectivity index (χ3v) is 3.11. The van der Waals surface area contributed by atoms with Gasteiger partial charge in [0.05, 0.1) is 0 Å². The number of amides is 1. The Hall–Kier alpha value is -1.63. The van der Waals surface area contributed by atoms with Crippen molar-refractivity contribution in [3.05, 3.63) is 28.5 Å². The molecule has 0 fully saturated rings. The summed E-state index contributed by atoms with van der Waals surface area (Å²) in [7, 11) is 0. The van der Waals surface area contributed by atoms with Gasteiger partial charge in [-0.05, 0) is 49.2 Å². The zero-order valence-electron chi connectivity index (χ0n) is 13.2. The van der Waals surface area contributed by atoms with Crippen molar-refractivity contribution in [3.8, 4) is 0 Å². The molecule has 6 nitrogen and oxygen atoms in total. The maximum Gasteiger partial charge on any atom is 0.411 e. The number of carboxylic acids is 1. The van der Waals surface area contributed by atoms with Crippen LogP contribution in [-0.2, 0) is 9.53 Å². The molecule has 1 rings (SSSR count). The maximum absolute atomic E-state index is 12.4. The first-order chi connectivity index (χ1) is 10.2. The van der Waals surface area contributed by atoms with Crippen LogP contribution in [0.3, 0.4) is 0 Å². The van der Waals surface area contributed by atoms with Gasteiger partial charge in [0.15, 0.2) is 6.04 Å². The van der Waals surface area contributed by atoms with Crippen LogP contribution in [0, 0.1) is 0 Å². The number of aliphatic carboxylic acids is 1. The predicted molar refractivity (Wildman–Crippen MR) is 85.5 cm³/mol. The first kappa shape index (κ1) is 18.4. The highest BCUT2D eigenvalue weighted by molar-refractivity contribution is 9.10. The average molecular weight is 373 g/mol. The number of carbonyl (C=O) groups is 2. The highest BCUT2D eigenvalue weighted by Crippen LogP contribution is 2.25. The van der Waals surface area contributed by atoms with Crippen LogP contribution >= 0.6 is 15.9 Å². The maximum atomic E-state index is 12.4. The molecule has 1 amide bonds. The number of aromatic nitrogens is 1. The smallest absolute Gasteiger partial charge is 0.411 e. The fourth-order valence-corrected chi connectivity index (χ4v) is 2.30. The zero-order valence-corrected chi connectivity index (χ0v) is 14.8. The third kappa shape index (κ3) is 5.29. The van der Waals surface area contributed by atoms with Gasteiger partial charge in [-0.15, -0.1) is 0 Å². The molecule has 1 aromatic rings. The summed E-state index contributed by atoms with van der Waals surface area (Å²) in [6.07, 6.45) is 2.96. The minimum atomic E-state index is -1.14. The largest absolute Gasteiger partial charge is 0.479 e. The van der Waals surface area contributed by atoms with E-state index in [2.05, 4.69) is 20.9 Å². The number of rotatable bonds is 5. The summed E-state index contributed by atoms with van der Waals surface area (Å²) < 4.78 is 5.98. The molecule has 0 aromatic carbocycles. The molecule has 22 heavy (non-hydrogen) atoms. The molecule has 1 N–H and O–H groups in total. The van der Waals surface area contributed by atoms with Gasteiger partial charge < -0.3 is 9.84 Å². The van der Waals surface area contributed by atoms with E-state index in [0.29, 0.717) is 16.5 Å². The lowest BCUT2D eigenvalue weighted by Crippen LogP contribution is -2.42. The first-order valence-corrected chi connectivity index (χ1v) is 7.78. The van der Waals surface area contributed by atoms with Crippen LogP contribution in [0.25, 0.3) is 0 Å². The van der Waals surface area contributed by atoms with Crippen molar-refractivity contribution in [3.63, 3.8) is 0 Å². The minimum Gasteiger partial charge on any atom is -0.479 e. The van der Waals surface area contributed by atoms with E-state index in [9.17, 15) is 14.7 Å². The van der Waals surface area contributed by atoms with E-state index in [4.69, 9.17) is 4.74 Å². The molecule has 7 heteroatoms. The molecule has 1 heterocycles. The molecule has 0 aliphatic carbocycles. The Morgan fingerprint density at radius 3 is 2.50 bits per heavy atom. The van der Waals surface area contributed by atoms with Gasteiger partial charge in [0.25, 0.3) is 0 Å². The Morgan fingerprint density at radius 1 is 1.41 bits per heavy atom. The number of hydrogen-bond donors (Lipinski definition) is 1. The molecule has 1 aromatic heterocycles. The normalized spacial score (nSPS) is 12.6. The van der Waals surface area contributed by atoms with Gasteiger partial charge in [-0.25, -0.2) is 9.59 Å². The van der Waals surface area contributed by atoms with E-state index < -0.39 is 23.7 Å². The summed E-state index contributed by atoms with van der Waals surface area (Å²) in [5, 5.41) is 9.57. The van der Waals surface area contributed by atoms with Crippen molar-refractivity contribution in [1.29, 1.82) is 0 Å². The van der Waals surface area contributed by atoms with Crippen LogP contribution in [-0.4, -0.2) is 39.2 Å². The fraction of sp³-hybridized carbons (Fsp3) is 0.533. The van der Waals surface area contributed by atoms with Crippen molar-refractivity contribution in [2.45, 2.75) is 45.8 Å². The number of halogens is 1. The van der Waals surface area contributed by atoms with Gasteiger partial charge in [0.1, 0.15) is 5.60 Å². The van der Waals surface area contributed by atoms with Gasteiger partial charge in [-0.1, -0.05) is 6.92 Å². The summed E-state index contributed by atoms with van der Waals surface area (Å²) in [5.74, 6) is -1.13. The number of pyridine rings is 1. The van der Waals surface area contributed by atoms with Crippen LogP contribution in [0.5, 0.6) is 0 Å². The highest BCUT2D eigenvalue weighted by Gasteiger charge is 2.34.